The Balaban J connectivity index is 1.98. The van der Waals surface area contributed by atoms with E-state index in [1.54, 1.807) is 30.3 Å². The second-order valence-corrected chi connectivity index (χ2v) is 4.30. The molecule has 1 heterocycles. The minimum atomic E-state index is -1.01. The van der Waals surface area contributed by atoms with Gasteiger partial charge < -0.3 is 4.42 Å². The highest BCUT2D eigenvalue weighted by atomic mass is 19.2. The molecule has 3 nitrogen and oxygen atoms in total. The Morgan fingerprint density at radius 2 is 2.05 bits per heavy atom. The number of Topliss-reactive ketones (excluding diaryl/α,β-unsaturated/α-hetero) is 1. The minimum Gasteiger partial charge on any atom is -0.468 e. The number of carbonyl (C=O) groups excluding carboxylic acids is 1. The molecule has 0 amide bonds. The van der Waals surface area contributed by atoms with Crippen LogP contribution in [0, 0.1) is 11.6 Å². The van der Waals surface area contributed by atoms with Gasteiger partial charge in [0.2, 0.25) is 0 Å². The van der Waals surface area contributed by atoms with Crippen molar-refractivity contribution in [2.24, 2.45) is 0 Å². The lowest BCUT2D eigenvalue weighted by molar-refractivity contribution is 0.0939. The molecule has 0 saturated heterocycles. The van der Waals surface area contributed by atoms with E-state index in [1.165, 1.54) is 6.07 Å². The molecule has 2 aromatic rings. The van der Waals surface area contributed by atoms with Crippen LogP contribution in [0.25, 0.3) is 0 Å². The van der Waals surface area contributed by atoms with Gasteiger partial charge in [0.05, 0.1) is 19.4 Å². The van der Waals surface area contributed by atoms with Crippen molar-refractivity contribution in [3.8, 4) is 0 Å². The monoisotopic (exact) mass is 265 g/mol. The summed E-state index contributed by atoms with van der Waals surface area (Å²) in [5, 5.41) is 0. The van der Waals surface area contributed by atoms with Crippen molar-refractivity contribution in [1.82, 2.24) is 4.90 Å². The lowest BCUT2D eigenvalue weighted by atomic mass is 10.1. The molecule has 100 valence electrons. The second-order valence-electron chi connectivity index (χ2n) is 4.30. The van der Waals surface area contributed by atoms with Crippen LogP contribution in [-0.2, 0) is 6.54 Å². The van der Waals surface area contributed by atoms with Crippen LogP contribution in [0.2, 0.25) is 0 Å². The molecular weight excluding hydrogens is 252 g/mol. The van der Waals surface area contributed by atoms with Crippen molar-refractivity contribution in [2.75, 3.05) is 13.6 Å². The van der Waals surface area contributed by atoms with Crippen LogP contribution in [-0.4, -0.2) is 24.3 Å². The first-order chi connectivity index (χ1) is 9.06. The number of carbonyl (C=O) groups is 1. The summed E-state index contributed by atoms with van der Waals surface area (Å²) in [6.45, 7) is 0.578. The van der Waals surface area contributed by atoms with Gasteiger partial charge in [0.15, 0.2) is 17.4 Å². The molecule has 0 radical (unpaired) electrons. The summed E-state index contributed by atoms with van der Waals surface area (Å²) in [5.41, 5.74) is 0.158. The molecular formula is C14H13F2NO2. The molecule has 0 aliphatic heterocycles. The Kier molecular flexibility index (Phi) is 4.06. The second kappa shape index (κ2) is 5.75. The predicted octanol–water partition coefficient (Wildman–Crippen LogP) is 2.87. The van der Waals surface area contributed by atoms with Crippen molar-refractivity contribution >= 4 is 5.78 Å². The maximum absolute atomic E-state index is 13.0. The molecule has 0 aliphatic rings. The highest BCUT2D eigenvalue weighted by Gasteiger charge is 2.13. The number of hydrogen-bond donors (Lipinski definition) is 0. The van der Waals surface area contributed by atoms with Crippen LogP contribution in [0.5, 0.6) is 0 Å². The van der Waals surface area contributed by atoms with Crippen LogP contribution in [0.1, 0.15) is 16.1 Å². The van der Waals surface area contributed by atoms with E-state index in [4.69, 9.17) is 4.42 Å². The summed E-state index contributed by atoms with van der Waals surface area (Å²) in [7, 11) is 1.75. The van der Waals surface area contributed by atoms with E-state index in [1.807, 2.05) is 0 Å². The summed E-state index contributed by atoms with van der Waals surface area (Å²) in [5.74, 6) is -1.51. The van der Waals surface area contributed by atoms with Crippen molar-refractivity contribution < 1.29 is 18.0 Å². The molecule has 0 saturated carbocycles. The molecule has 0 fully saturated rings. The molecule has 2 rings (SSSR count). The fourth-order valence-corrected chi connectivity index (χ4v) is 1.73. The Hall–Kier alpha value is -2.01. The van der Waals surface area contributed by atoms with Gasteiger partial charge in [0, 0.05) is 5.56 Å². The van der Waals surface area contributed by atoms with Gasteiger partial charge in [-0.3, -0.25) is 9.69 Å². The number of furan rings is 1. The molecule has 0 spiro atoms. The van der Waals surface area contributed by atoms with E-state index in [0.717, 1.165) is 17.9 Å². The summed E-state index contributed by atoms with van der Waals surface area (Å²) >= 11 is 0. The average molecular weight is 265 g/mol. The standard InChI is InChI=1S/C14H13F2NO2/c1-17(8-11-3-2-6-19-11)9-14(18)10-4-5-12(15)13(16)7-10/h2-7H,8-9H2,1H3. The summed E-state index contributed by atoms with van der Waals surface area (Å²) in [6.07, 6.45) is 1.56. The molecule has 19 heavy (non-hydrogen) atoms. The van der Waals surface area contributed by atoms with E-state index in [9.17, 15) is 13.6 Å². The number of ketones is 1. The third-order valence-electron chi connectivity index (χ3n) is 2.66. The van der Waals surface area contributed by atoms with Crippen LogP contribution >= 0.6 is 0 Å². The Morgan fingerprint density at radius 1 is 1.26 bits per heavy atom. The van der Waals surface area contributed by atoms with Gasteiger partial charge in [-0.25, -0.2) is 8.78 Å². The molecule has 1 aromatic heterocycles. The predicted molar refractivity (Wildman–Crippen MR) is 65.7 cm³/mol. The number of likely N-dealkylation sites (N-methyl/N-ethyl adjacent to an activating group) is 1. The summed E-state index contributed by atoms with van der Waals surface area (Å²) in [6, 6.07) is 6.72. The highest BCUT2D eigenvalue weighted by molar-refractivity contribution is 5.97. The van der Waals surface area contributed by atoms with E-state index in [-0.39, 0.29) is 17.9 Å². The number of halogens is 2. The van der Waals surface area contributed by atoms with Gasteiger partial charge in [-0.1, -0.05) is 0 Å². The smallest absolute Gasteiger partial charge is 0.176 e. The maximum Gasteiger partial charge on any atom is 0.176 e. The first kappa shape index (κ1) is 13.4. The third kappa shape index (κ3) is 3.48. The Bertz CT molecular complexity index is 567. The topological polar surface area (TPSA) is 33.5 Å². The number of hydrogen-bond acceptors (Lipinski definition) is 3. The molecule has 0 aliphatic carbocycles. The van der Waals surface area contributed by atoms with Gasteiger partial charge >= 0.3 is 0 Å². The first-order valence-corrected chi connectivity index (χ1v) is 5.75. The molecule has 5 heteroatoms. The van der Waals surface area contributed by atoms with E-state index in [2.05, 4.69) is 0 Å². The molecule has 0 atom stereocenters. The van der Waals surface area contributed by atoms with Crippen LogP contribution < -0.4 is 0 Å². The lowest BCUT2D eigenvalue weighted by Gasteiger charge is -2.14. The first-order valence-electron chi connectivity index (χ1n) is 5.75. The zero-order chi connectivity index (χ0) is 13.8. The highest BCUT2D eigenvalue weighted by Crippen LogP contribution is 2.10. The minimum absolute atomic E-state index is 0.103. The van der Waals surface area contributed by atoms with Crippen molar-refractivity contribution in [3.05, 3.63) is 59.6 Å². The average Bonchev–Trinajstić information content (AvgIpc) is 2.85. The maximum atomic E-state index is 13.0. The largest absolute Gasteiger partial charge is 0.468 e. The third-order valence-corrected chi connectivity index (χ3v) is 2.66. The number of benzene rings is 1. The molecule has 0 bridgehead atoms. The quantitative estimate of drug-likeness (QED) is 0.779. The van der Waals surface area contributed by atoms with E-state index >= 15 is 0 Å². The zero-order valence-corrected chi connectivity index (χ0v) is 10.4. The fraction of sp³-hybridized carbons (Fsp3) is 0.214. The summed E-state index contributed by atoms with van der Waals surface area (Å²) in [4.78, 5) is 13.6. The number of nitrogens with zero attached hydrogens (tertiary/aromatic N) is 1. The molecule has 0 unspecified atom stereocenters. The van der Waals surface area contributed by atoms with Crippen LogP contribution in [0.4, 0.5) is 8.78 Å². The van der Waals surface area contributed by atoms with Gasteiger partial charge in [-0.05, 0) is 37.4 Å². The SMILES string of the molecule is CN(CC(=O)c1ccc(F)c(F)c1)Cc1ccco1. The molecule has 1 aromatic carbocycles. The fourth-order valence-electron chi connectivity index (χ4n) is 1.73. The van der Waals surface area contributed by atoms with Crippen LogP contribution in [0.15, 0.2) is 41.0 Å². The van der Waals surface area contributed by atoms with Gasteiger partial charge in [-0.2, -0.15) is 0 Å². The normalized spacial score (nSPS) is 10.9. The Morgan fingerprint density at radius 3 is 2.68 bits per heavy atom. The zero-order valence-electron chi connectivity index (χ0n) is 10.4. The van der Waals surface area contributed by atoms with Gasteiger partial charge in [0.25, 0.3) is 0 Å². The van der Waals surface area contributed by atoms with Gasteiger partial charge in [-0.15, -0.1) is 0 Å². The van der Waals surface area contributed by atoms with Crippen molar-refractivity contribution in [1.29, 1.82) is 0 Å². The van der Waals surface area contributed by atoms with E-state index in [0.29, 0.717) is 6.54 Å². The van der Waals surface area contributed by atoms with Crippen molar-refractivity contribution in [2.45, 2.75) is 6.54 Å². The van der Waals surface area contributed by atoms with E-state index < -0.39 is 11.6 Å². The number of rotatable bonds is 5. The van der Waals surface area contributed by atoms with Crippen LogP contribution in [0.3, 0.4) is 0 Å². The summed E-state index contributed by atoms with van der Waals surface area (Å²) < 4.78 is 31.0. The van der Waals surface area contributed by atoms with Gasteiger partial charge in [0.1, 0.15) is 5.76 Å². The lowest BCUT2D eigenvalue weighted by Crippen LogP contribution is -2.25. The van der Waals surface area contributed by atoms with Crippen molar-refractivity contribution in [3.63, 3.8) is 0 Å². The molecule has 0 N–H and O–H groups in total. The Labute approximate surface area is 109 Å².